The van der Waals surface area contributed by atoms with Gasteiger partial charge in [0.1, 0.15) is 6.10 Å². The molecule has 0 fully saturated rings. The van der Waals surface area contributed by atoms with Crippen LogP contribution in [0.5, 0.6) is 0 Å². The number of nitrogens with zero attached hydrogens (tertiary/aromatic N) is 2. The predicted octanol–water partition coefficient (Wildman–Crippen LogP) is -0.268. The summed E-state index contributed by atoms with van der Waals surface area (Å²) in [5, 5.41) is 11.3. The number of carbonyl (C=O) groups excluding carboxylic acids is 1. The third-order valence-corrected chi connectivity index (χ3v) is 2.24. The largest absolute Gasteiger partial charge is 0.476 e. The van der Waals surface area contributed by atoms with E-state index < -0.39 is 12.1 Å². The average Bonchev–Trinajstić information content (AvgIpc) is 2.76. The summed E-state index contributed by atoms with van der Waals surface area (Å²) in [6.07, 6.45) is 2.33. The van der Waals surface area contributed by atoms with E-state index in [0.29, 0.717) is 13.1 Å². The fourth-order valence-corrected chi connectivity index (χ4v) is 1.15. The topological polar surface area (TPSA) is 93.5 Å². The quantitative estimate of drug-likeness (QED) is 0.715. The summed E-state index contributed by atoms with van der Waals surface area (Å²) in [5.41, 5.74) is -0.0124. The van der Waals surface area contributed by atoms with Gasteiger partial charge in [0, 0.05) is 26.4 Å². The molecular weight excluding hydrogens is 226 g/mol. The van der Waals surface area contributed by atoms with E-state index >= 15 is 0 Å². The van der Waals surface area contributed by atoms with Crippen LogP contribution in [0.4, 0.5) is 0 Å². The molecule has 0 saturated heterocycles. The highest BCUT2D eigenvalue weighted by Gasteiger charge is 2.10. The van der Waals surface area contributed by atoms with E-state index in [1.54, 1.807) is 11.5 Å². The van der Waals surface area contributed by atoms with Gasteiger partial charge in [-0.3, -0.25) is 4.79 Å². The molecule has 1 aromatic rings. The normalized spacial score (nSPS) is 12.1. The Kier molecular flexibility index (Phi) is 4.65. The standard InChI is InChI=1S/C10H15N3O4/c1-7(17-2)9(14)11-3-4-13-5-8(10(15)16)12-6-13/h5-7H,3-4H2,1-2H3,(H,11,14)(H,15,16). The van der Waals surface area contributed by atoms with E-state index in [4.69, 9.17) is 9.84 Å². The second-order valence-corrected chi connectivity index (χ2v) is 3.47. The van der Waals surface area contributed by atoms with Gasteiger partial charge in [0.15, 0.2) is 5.69 Å². The number of nitrogens with one attached hydrogen (secondary N) is 1. The molecule has 1 aromatic heterocycles. The summed E-state index contributed by atoms with van der Waals surface area (Å²) in [6.45, 7) is 2.50. The van der Waals surface area contributed by atoms with Crippen LogP contribution in [0.15, 0.2) is 12.5 Å². The van der Waals surface area contributed by atoms with Crippen molar-refractivity contribution >= 4 is 11.9 Å². The molecule has 0 aromatic carbocycles. The molecule has 1 rings (SSSR count). The third kappa shape index (κ3) is 3.87. The molecule has 1 heterocycles. The van der Waals surface area contributed by atoms with E-state index in [-0.39, 0.29) is 11.6 Å². The molecule has 17 heavy (non-hydrogen) atoms. The number of hydrogen-bond donors (Lipinski definition) is 2. The molecule has 7 heteroatoms. The van der Waals surface area contributed by atoms with Gasteiger partial charge in [0.25, 0.3) is 0 Å². The van der Waals surface area contributed by atoms with Crippen LogP contribution < -0.4 is 5.32 Å². The number of methoxy groups -OCH3 is 1. The number of rotatable bonds is 6. The summed E-state index contributed by atoms with van der Waals surface area (Å²) in [7, 11) is 1.46. The molecule has 2 N–H and O–H groups in total. The highest BCUT2D eigenvalue weighted by Crippen LogP contribution is 1.95. The Labute approximate surface area is 98.4 Å². The molecule has 0 aliphatic heterocycles. The summed E-state index contributed by atoms with van der Waals surface area (Å²) in [4.78, 5) is 25.6. The third-order valence-electron chi connectivity index (χ3n) is 2.24. The van der Waals surface area contributed by atoms with Crippen molar-refractivity contribution in [2.45, 2.75) is 19.6 Å². The van der Waals surface area contributed by atoms with Gasteiger partial charge in [-0.2, -0.15) is 0 Å². The van der Waals surface area contributed by atoms with Crippen molar-refractivity contribution in [2.24, 2.45) is 0 Å². The molecule has 1 atom stereocenters. The summed E-state index contributed by atoms with van der Waals surface area (Å²) < 4.78 is 6.44. The van der Waals surface area contributed by atoms with Crippen LogP contribution in [0.3, 0.4) is 0 Å². The molecule has 7 nitrogen and oxygen atoms in total. The van der Waals surface area contributed by atoms with Crippen molar-refractivity contribution in [1.82, 2.24) is 14.9 Å². The van der Waals surface area contributed by atoms with Crippen molar-refractivity contribution in [3.05, 3.63) is 18.2 Å². The van der Waals surface area contributed by atoms with Gasteiger partial charge >= 0.3 is 5.97 Å². The highest BCUT2D eigenvalue weighted by molar-refractivity contribution is 5.84. The van der Waals surface area contributed by atoms with Crippen molar-refractivity contribution in [1.29, 1.82) is 0 Å². The number of aromatic carboxylic acids is 1. The maximum atomic E-state index is 11.3. The number of carbonyl (C=O) groups is 2. The zero-order valence-electron chi connectivity index (χ0n) is 9.71. The van der Waals surface area contributed by atoms with Crippen LogP contribution >= 0.6 is 0 Å². The fraction of sp³-hybridized carbons (Fsp3) is 0.500. The number of carboxylic acids is 1. The van der Waals surface area contributed by atoms with Crippen molar-refractivity contribution in [2.75, 3.05) is 13.7 Å². The van der Waals surface area contributed by atoms with Gasteiger partial charge < -0.3 is 19.7 Å². The lowest BCUT2D eigenvalue weighted by Gasteiger charge is -2.10. The fourth-order valence-electron chi connectivity index (χ4n) is 1.15. The number of amides is 1. The van der Waals surface area contributed by atoms with Gasteiger partial charge in [0.05, 0.1) is 6.33 Å². The highest BCUT2D eigenvalue weighted by atomic mass is 16.5. The SMILES string of the molecule is COC(C)C(=O)NCCn1cnc(C(=O)O)c1. The molecule has 0 aliphatic rings. The number of carboxylic acid groups (broad SMARTS) is 1. The average molecular weight is 241 g/mol. The van der Waals surface area contributed by atoms with Gasteiger partial charge in [0.2, 0.25) is 5.91 Å². The molecule has 1 amide bonds. The van der Waals surface area contributed by atoms with Gasteiger partial charge in [-0.05, 0) is 6.92 Å². The van der Waals surface area contributed by atoms with E-state index in [1.165, 1.54) is 19.6 Å². The number of hydrogen-bond acceptors (Lipinski definition) is 4. The van der Waals surface area contributed by atoms with Crippen LogP contribution in [0.1, 0.15) is 17.4 Å². The molecular formula is C10H15N3O4. The van der Waals surface area contributed by atoms with Gasteiger partial charge in [-0.15, -0.1) is 0 Å². The summed E-state index contributed by atoms with van der Waals surface area (Å²) in [6, 6.07) is 0. The Morgan fingerprint density at radius 2 is 2.35 bits per heavy atom. The minimum Gasteiger partial charge on any atom is -0.476 e. The number of aromatic nitrogens is 2. The van der Waals surface area contributed by atoms with Crippen LogP contribution in [0.2, 0.25) is 0 Å². The smallest absolute Gasteiger partial charge is 0.356 e. The predicted molar refractivity (Wildman–Crippen MR) is 58.7 cm³/mol. The molecule has 0 saturated carbocycles. The van der Waals surface area contributed by atoms with Crippen molar-refractivity contribution in [3.8, 4) is 0 Å². The lowest BCUT2D eigenvalue weighted by molar-refractivity contribution is -0.130. The first-order valence-electron chi connectivity index (χ1n) is 5.10. The Balaban J connectivity index is 2.35. The maximum Gasteiger partial charge on any atom is 0.356 e. The van der Waals surface area contributed by atoms with E-state index in [1.807, 2.05) is 0 Å². The Morgan fingerprint density at radius 3 is 2.88 bits per heavy atom. The zero-order valence-corrected chi connectivity index (χ0v) is 9.71. The van der Waals surface area contributed by atoms with Crippen molar-refractivity contribution in [3.63, 3.8) is 0 Å². The Hall–Kier alpha value is -1.89. The monoisotopic (exact) mass is 241 g/mol. The first-order valence-corrected chi connectivity index (χ1v) is 5.10. The molecule has 0 aliphatic carbocycles. The van der Waals surface area contributed by atoms with Crippen LogP contribution in [0, 0.1) is 0 Å². The number of imidazole rings is 1. The van der Waals surface area contributed by atoms with Gasteiger partial charge in [-0.25, -0.2) is 9.78 Å². The lowest BCUT2D eigenvalue weighted by Crippen LogP contribution is -2.35. The molecule has 94 valence electrons. The molecule has 0 spiro atoms. The lowest BCUT2D eigenvalue weighted by atomic mass is 10.4. The van der Waals surface area contributed by atoms with E-state index in [9.17, 15) is 9.59 Å². The summed E-state index contributed by atoms with van der Waals surface area (Å²) >= 11 is 0. The molecule has 0 bridgehead atoms. The molecule has 1 unspecified atom stereocenters. The first kappa shape index (κ1) is 13.2. The van der Waals surface area contributed by atoms with Gasteiger partial charge in [-0.1, -0.05) is 0 Å². The molecule has 0 radical (unpaired) electrons. The van der Waals surface area contributed by atoms with E-state index in [0.717, 1.165) is 0 Å². The minimum absolute atomic E-state index is 0.0124. The maximum absolute atomic E-state index is 11.3. The van der Waals surface area contributed by atoms with Crippen LogP contribution in [-0.2, 0) is 16.1 Å². The van der Waals surface area contributed by atoms with Crippen LogP contribution in [0.25, 0.3) is 0 Å². The second-order valence-electron chi connectivity index (χ2n) is 3.47. The number of ether oxygens (including phenoxy) is 1. The van der Waals surface area contributed by atoms with Crippen molar-refractivity contribution < 1.29 is 19.4 Å². The first-order chi connectivity index (χ1) is 8.04. The minimum atomic E-state index is -1.07. The van der Waals surface area contributed by atoms with Crippen LogP contribution in [-0.4, -0.2) is 46.3 Å². The Bertz CT molecular complexity index is 402. The second kappa shape index (κ2) is 6.00. The Morgan fingerprint density at radius 1 is 1.65 bits per heavy atom. The zero-order chi connectivity index (χ0) is 12.8. The van der Waals surface area contributed by atoms with E-state index in [2.05, 4.69) is 10.3 Å². The summed E-state index contributed by atoms with van der Waals surface area (Å²) in [5.74, 6) is -1.27.